The summed E-state index contributed by atoms with van der Waals surface area (Å²) >= 11 is 0. The summed E-state index contributed by atoms with van der Waals surface area (Å²) in [4.78, 5) is 12.1. The molecule has 1 rings (SSSR count). The third-order valence-corrected chi connectivity index (χ3v) is 3.16. The molecule has 0 spiro atoms. The first-order valence-electron chi connectivity index (χ1n) is 6.65. The third kappa shape index (κ3) is 4.60. The van der Waals surface area contributed by atoms with Crippen molar-refractivity contribution in [3.05, 3.63) is 29.8 Å². The Morgan fingerprint density at radius 3 is 2.65 bits per heavy atom. The number of aromatic hydroxyl groups is 1. The highest BCUT2D eigenvalue weighted by molar-refractivity contribution is 5.80. The van der Waals surface area contributed by atoms with Gasteiger partial charge in [-0.25, -0.2) is 0 Å². The maximum Gasteiger partial charge on any atom is 0.326 e. The van der Waals surface area contributed by atoms with Crippen LogP contribution in [0.3, 0.4) is 0 Å². The lowest BCUT2D eigenvalue weighted by Crippen LogP contribution is -2.51. The zero-order chi connectivity index (χ0) is 15.0. The number of nitrogens with one attached hydrogen (secondary N) is 1. The normalized spacial score (nSPS) is 13.2. The van der Waals surface area contributed by atoms with E-state index in [-0.39, 0.29) is 11.7 Å². The molecule has 0 amide bonds. The van der Waals surface area contributed by atoms with Crippen molar-refractivity contribution < 1.29 is 14.6 Å². The Morgan fingerprint density at radius 2 is 2.10 bits per heavy atom. The first kappa shape index (κ1) is 16.1. The summed E-state index contributed by atoms with van der Waals surface area (Å²) in [5.41, 5.74) is 0.237. The summed E-state index contributed by atoms with van der Waals surface area (Å²) in [6.07, 6.45) is 6.50. The second kappa shape index (κ2) is 7.56. The number of terminal acetylenes is 1. The Morgan fingerprint density at radius 1 is 1.45 bits per heavy atom. The maximum absolute atomic E-state index is 12.1. The largest absolute Gasteiger partial charge is 0.508 e. The van der Waals surface area contributed by atoms with E-state index in [4.69, 9.17) is 11.2 Å². The summed E-state index contributed by atoms with van der Waals surface area (Å²) in [5, 5.41) is 12.3. The van der Waals surface area contributed by atoms with E-state index in [1.807, 2.05) is 12.1 Å². The average Bonchev–Trinajstić information content (AvgIpc) is 2.45. The molecular weight excluding hydrogens is 254 g/mol. The topological polar surface area (TPSA) is 58.6 Å². The molecule has 0 radical (unpaired) electrons. The summed E-state index contributed by atoms with van der Waals surface area (Å²) in [6.45, 7) is 4.22. The van der Waals surface area contributed by atoms with Crippen LogP contribution in [-0.2, 0) is 16.0 Å². The Hall–Kier alpha value is -1.99. The van der Waals surface area contributed by atoms with Gasteiger partial charge in [0.1, 0.15) is 11.3 Å². The molecule has 1 atom stereocenters. The zero-order valence-corrected chi connectivity index (χ0v) is 12.0. The Balaban J connectivity index is 2.71. The van der Waals surface area contributed by atoms with Crippen LogP contribution < -0.4 is 5.32 Å². The second-order valence-electron chi connectivity index (χ2n) is 4.78. The van der Waals surface area contributed by atoms with E-state index in [0.717, 1.165) is 5.56 Å². The molecular formula is C16H21NO3. The first-order chi connectivity index (χ1) is 9.51. The lowest BCUT2D eigenvalue weighted by atomic mass is 9.93. The smallest absolute Gasteiger partial charge is 0.326 e. The van der Waals surface area contributed by atoms with Gasteiger partial charge in [0, 0.05) is 0 Å². The molecule has 4 heteroatoms. The number of benzene rings is 1. The molecule has 0 saturated carbocycles. The molecule has 1 unspecified atom stereocenters. The van der Waals surface area contributed by atoms with Crippen LogP contribution in [0.1, 0.15) is 25.8 Å². The van der Waals surface area contributed by atoms with Crippen molar-refractivity contribution in [3.8, 4) is 18.1 Å². The van der Waals surface area contributed by atoms with Gasteiger partial charge in [-0.2, -0.15) is 0 Å². The molecule has 2 N–H and O–H groups in total. The highest BCUT2D eigenvalue weighted by Crippen LogP contribution is 2.18. The minimum Gasteiger partial charge on any atom is -0.508 e. The molecule has 0 fully saturated rings. The van der Waals surface area contributed by atoms with Crippen molar-refractivity contribution in [2.75, 3.05) is 13.2 Å². The van der Waals surface area contributed by atoms with E-state index < -0.39 is 5.54 Å². The standard InChI is InChI=1S/C16H21NO3/c1-4-12-17-16(3,15(19)20-5-2)11-10-13-6-8-14(18)9-7-13/h1,6-9,17-18H,5,10-12H2,2-3H3. The minimum atomic E-state index is -0.805. The van der Waals surface area contributed by atoms with E-state index in [0.29, 0.717) is 26.0 Å². The molecule has 4 nitrogen and oxygen atoms in total. The average molecular weight is 275 g/mol. The number of esters is 1. The summed E-state index contributed by atoms with van der Waals surface area (Å²) in [5.74, 6) is 2.41. The van der Waals surface area contributed by atoms with Gasteiger partial charge in [0.2, 0.25) is 0 Å². The van der Waals surface area contributed by atoms with Gasteiger partial charge in [0.15, 0.2) is 0 Å². The van der Waals surface area contributed by atoms with Crippen LogP contribution in [0.2, 0.25) is 0 Å². The van der Waals surface area contributed by atoms with E-state index in [1.54, 1.807) is 26.0 Å². The number of aryl methyl sites for hydroxylation is 1. The molecule has 1 aromatic carbocycles. The van der Waals surface area contributed by atoms with E-state index in [9.17, 15) is 9.90 Å². The summed E-state index contributed by atoms with van der Waals surface area (Å²) < 4.78 is 5.10. The number of carbonyl (C=O) groups excluding carboxylic acids is 1. The SMILES string of the molecule is C#CCNC(C)(CCc1ccc(O)cc1)C(=O)OCC. The Kier molecular flexibility index (Phi) is 6.08. The van der Waals surface area contributed by atoms with Crippen molar-refractivity contribution >= 4 is 5.97 Å². The van der Waals surface area contributed by atoms with Crippen LogP contribution in [0.15, 0.2) is 24.3 Å². The van der Waals surface area contributed by atoms with Gasteiger partial charge in [-0.1, -0.05) is 18.1 Å². The minimum absolute atomic E-state index is 0.229. The molecule has 108 valence electrons. The fourth-order valence-electron chi connectivity index (χ4n) is 1.86. The first-order valence-corrected chi connectivity index (χ1v) is 6.65. The van der Waals surface area contributed by atoms with Crippen LogP contribution in [0.5, 0.6) is 5.75 Å². The van der Waals surface area contributed by atoms with Crippen molar-refractivity contribution in [2.24, 2.45) is 0 Å². The fraction of sp³-hybridized carbons (Fsp3) is 0.438. The molecule has 0 aliphatic carbocycles. The van der Waals surface area contributed by atoms with Gasteiger partial charge < -0.3 is 9.84 Å². The van der Waals surface area contributed by atoms with Gasteiger partial charge >= 0.3 is 5.97 Å². The van der Waals surface area contributed by atoms with Gasteiger partial charge in [-0.05, 0) is 44.4 Å². The quantitative estimate of drug-likeness (QED) is 0.589. The van der Waals surface area contributed by atoms with Crippen LogP contribution >= 0.6 is 0 Å². The lowest BCUT2D eigenvalue weighted by molar-refractivity contribution is -0.150. The van der Waals surface area contributed by atoms with Crippen LogP contribution in [0.25, 0.3) is 0 Å². The van der Waals surface area contributed by atoms with Crippen molar-refractivity contribution in [1.29, 1.82) is 0 Å². The molecule has 0 heterocycles. The van der Waals surface area contributed by atoms with Gasteiger partial charge in [-0.15, -0.1) is 6.42 Å². The third-order valence-electron chi connectivity index (χ3n) is 3.16. The van der Waals surface area contributed by atoms with E-state index in [2.05, 4.69) is 11.2 Å². The number of hydrogen-bond donors (Lipinski definition) is 2. The summed E-state index contributed by atoms with van der Waals surface area (Å²) in [6, 6.07) is 6.93. The van der Waals surface area contributed by atoms with Crippen LogP contribution in [0.4, 0.5) is 0 Å². The molecule has 0 saturated heterocycles. The van der Waals surface area contributed by atoms with Gasteiger partial charge in [-0.3, -0.25) is 10.1 Å². The van der Waals surface area contributed by atoms with Gasteiger partial charge in [0.05, 0.1) is 13.2 Å². The number of rotatable bonds is 7. The van der Waals surface area contributed by atoms with Crippen LogP contribution in [-0.4, -0.2) is 29.8 Å². The maximum atomic E-state index is 12.1. The predicted molar refractivity (Wildman–Crippen MR) is 78.3 cm³/mol. The number of carbonyl (C=O) groups is 1. The van der Waals surface area contributed by atoms with E-state index in [1.165, 1.54) is 0 Å². The van der Waals surface area contributed by atoms with E-state index >= 15 is 0 Å². The molecule has 0 aromatic heterocycles. The van der Waals surface area contributed by atoms with Crippen LogP contribution in [0, 0.1) is 12.3 Å². The molecule has 0 bridgehead atoms. The zero-order valence-electron chi connectivity index (χ0n) is 12.0. The number of phenolic OH excluding ortho intramolecular Hbond substituents is 1. The molecule has 20 heavy (non-hydrogen) atoms. The monoisotopic (exact) mass is 275 g/mol. The Bertz CT molecular complexity index is 475. The highest BCUT2D eigenvalue weighted by atomic mass is 16.5. The summed E-state index contributed by atoms with van der Waals surface area (Å²) in [7, 11) is 0. The molecule has 0 aliphatic rings. The highest BCUT2D eigenvalue weighted by Gasteiger charge is 2.33. The van der Waals surface area contributed by atoms with Crippen molar-refractivity contribution in [1.82, 2.24) is 5.32 Å². The fourth-order valence-corrected chi connectivity index (χ4v) is 1.86. The lowest BCUT2D eigenvalue weighted by Gasteiger charge is -2.27. The number of ether oxygens (including phenoxy) is 1. The van der Waals surface area contributed by atoms with Crippen molar-refractivity contribution in [3.63, 3.8) is 0 Å². The van der Waals surface area contributed by atoms with Crippen molar-refractivity contribution in [2.45, 2.75) is 32.2 Å². The van der Waals surface area contributed by atoms with Gasteiger partial charge in [0.25, 0.3) is 0 Å². The number of hydrogen-bond acceptors (Lipinski definition) is 4. The molecule has 1 aromatic rings. The predicted octanol–water partition coefficient (Wildman–Crippen LogP) is 1.87. The second-order valence-corrected chi connectivity index (χ2v) is 4.78. The number of phenols is 1. The Labute approximate surface area is 120 Å². The molecule has 0 aliphatic heterocycles.